The lowest BCUT2D eigenvalue weighted by molar-refractivity contribution is 0.0706. The van der Waals surface area contributed by atoms with Gasteiger partial charge in [-0.2, -0.15) is 5.10 Å². The number of fused-ring (bicyclic) bond motifs is 1. The van der Waals surface area contributed by atoms with Crippen molar-refractivity contribution >= 4 is 11.6 Å². The van der Waals surface area contributed by atoms with Crippen molar-refractivity contribution in [2.24, 2.45) is 0 Å². The van der Waals surface area contributed by atoms with E-state index in [4.69, 9.17) is 0 Å². The molecule has 1 amide bonds. The molecule has 6 nitrogen and oxygen atoms in total. The zero-order valence-corrected chi connectivity index (χ0v) is 16.1. The van der Waals surface area contributed by atoms with Gasteiger partial charge in [0.1, 0.15) is 6.10 Å². The molecule has 1 aliphatic heterocycles. The van der Waals surface area contributed by atoms with Gasteiger partial charge in [-0.05, 0) is 35.9 Å². The van der Waals surface area contributed by atoms with Gasteiger partial charge >= 0.3 is 0 Å². The number of aliphatic hydroxyl groups is 1. The van der Waals surface area contributed by atoms with Crippen LogP contribution in [0.3, 0.4) is 0 Å². The smallest absolute Gasteiger partial charge is 0.254 e. The van der Waals surface area contributed by atoms with Crippen molar-refractivity contribution in [3.05, 3.63) is 83.2 Å². The summed E-state index contributed by atoms with van der Waals surface area (Å²) in [6.45, 7) is 1.71. The van der Waals surface area contributed by atoms with Gasteiger partial charge in [0.25, 0.3) is 5.91 Å². The van der Waals surface area contributed by atoms with Crippen LogP contribution in [0, 0.1) is 0 Å². The van der Waals surface area contributed by atoms with Crippen LogP contribution in [0.4, 0.5) is 5.69 Å². The van der Waals surface area contributed by atoms with Crippen LogP contribution in [0.5, 0.6) is 0 Å². The number of hydrogen-bond acceptors (Lipinski definition) is 4. The molecule has 2 heterocycles. The van der Waals surface area contributed by atoms with Crippen molar-refractivity contribution in [1.82, 2.24) is 14.7 Å². The van der Waals surface area contributed by atoms with Crippen LogP contribution in [0.25, 0.3) is 0 Å². The Morgan fingerprint density at radius 1 is 1.07 bits per heavy atom. The highest BCUT2D eigenvalue weighted by Gasteiger charge is 2.25. The number of rotatable bonds is 4. The molecule has 1 atom stereocenters. The van der Waals surface area contributed by atoms with Crippen LogP contribution in [-0.4, -0.2) is 46.3 Å². The molecular weight excluding hydrogens is 352 g/mol. The van der Waals surface area contributed by atoms with Gasteiger partial charge in [-0.1, -0.05) is 30.3 Å². The maximum absolute atomic E-state index is 12.9. The molecule has 1 aliphatic rings. The second-order valence-electron chi connectivity index (χ2n) is 7.26. The molecule has 144 valence electrons. The number of nitrogens with zero attached hydrogens (tertiary/aromatic N) is 4. The van der Waals surface area contributed by atoms with Crippen molar-refractivity contribution in [2.45, 2.75) is 19.2 Å². The maximum Gasteiger partial charge on any atom is 0.254 e. The van der Waals surface area contributed by atoms with E-state index in [9.17, 15) is 9.90 Å². The minimum absolute atomic E-state index is 0.0166. The standard InChI is InChI=1S/C22H24N4O2/c1-24(2)18-10-8-17(9-11-18)22(28)25-12-13-26-19(15-25)14-20(23-26)21(27)16-6-4-3-5-7-16/h3-11,14,21,27H,12-13,15H2,1-2H3/t21-/m0/s1. The average molecular weight is 376 g/mol. The van der Waals surface area contributed by atoms with E-state index in [0.29, 0.717) is 30.9 Å². The van der Waals surface area contributed by atoms with Crippen molar-refractivity contribution in [3.8, 4) is 0 Å². The summed E-state index contributed by atoms with van der Waals surface area (Å²) < 4.78 is 1.89. The summed E-state index contributed by atoms with van der Waals surface area (Å²) in [5, 5.41) is 15.2. The number of benzene rings is 2. The van der Waals surface area contributed by atoms with Crippen molar-refractivity contribution in [3.63, 3.8) is 0 Å². The number of carbonyl (C=O) groups excluding carboxylic acids is 1. The molecule has 0 radical (unpaired) electrons. The minimum Gasteiger partial charge on any atom is -0.382 e. The first kappa shape index (κ1) is 18.3. The van der Waals surface area contributed by atoms with E-state index in [2.05, 4.69) is 5.10 Å². The summed E-state index contributed by atoms with van der Waals surface area (Å²) >= 11 is 0. The van der Waals surface area contributed by atoms with E-state index >= 15 is 0 Å². The molecular formula is C22H24N4O2. The van der Waals surface area contributed by atoms with Crippen LogP contribution in [0.15, 0.2) is 60.7 Å². The van der Waals surface area contributed by atoms with Crippen LogP contribution < -0.4 is 4.90 Å². The maximum atomic E-state index is 12.9. The van der Waals surface area contributed by atoms with Gasteiger partial charge in [0.2, 0.25) is 0 Å². The normalized spacial score (nSPS) is 14.5. The van der Waals surface area contributed by atoms with Crippen molar-refractivity contribution in [1.29, 1.82) is 0 Å². The number of carbonyl (C=O) groups is 1. The van der Waals surface area contributed by atoms with E-state index in [1.54, 1.807) is 0 Å². The second-order valence-corrected chi connectivity index (χ2v) is 7.26. The number of amides is 1. The Balaban J connectivity index is 1.50. The third-order valence-electron chi connectivity index (χ3n) is 5.13. The summed E-state index contributed by atoms with van der Waals surface area (Å²) in [6, 6.07) is 19.0. The first-order valence-corrected chi connectivity index (χ1v) is 9.39. The Kier molecular flexibility index (Phi) is 4.88. The van der Waals surface area contributed by atoms with Gasteiger partial charge in [0.05, 0.1) is 24.5 Å². The zero-order chi connectivity index (χ0) is 19.7. The lowest BCUT2D eigenvalue weighted by Crippen LogP contribution is -2.38. The number of hydrogen-bond donors (Lipinski definition) is 1. The Hall–Kier alpha value is -3.12. The van der Waals surface area contributed by atoms with Gasteiger partial charge in [-0.25, -0.2) is 0 Å². The lowest BCUT2D eigenvalue weighted by Gasteiger charge is -2.28. The summed E-state index contributed by atoms with van der Waals surface area (Å²) in [4.78, 5) is 16.7. The highest BCUT2D eigenvalue weighted by atomic mass is 16.3. The second kappa shape index (κ2) is 7.48. The van der Waals surface area contributed by atoms with E-state index in [1.165, 1.54) is 0 Å². The number of aromatic nitrogens is 2. The SMILES string of the molecule is CN(C)c1ccc(C(=O)N2CCn3nc([C@@H](O)c4ccccc4)cc3C2)cc1. The molecule has 4 rings (SSSR count). The molecule has 0 saturated heterocycles. The quantitative estimate of drug-likeness (QED) is 0.761. The van der Waals surface area contributed by atoms with Crippen LogP contribution in [0.1, 0.15) is 33.4 Å². The van der Waals surface area contributed by atoms with Gasteiger partial charge in [0.15, 0.2) is 0 Å². The molecule has 0 aliphatic carbocycles. The molecule has 1 N–H and O–H groups in total. The fourth-order valence-electron chi connectivity index (χ4n) is 3.49. The summed E-state index contributed by atoms with van der Waals surface area (Å²) in [7, 11) is 3.95. The number of anilines is 1. The summed E-state index contributed by atoms with van der Waals surface area (Å²) in [6.07, 6.45) is -0.762. The van der Waals surface area contributed by atoms with Crippen LogP contribution in [0.2, 0.25) is 0 Å². The van der Waals surface area contributed by atoms with Gasteiger partial charge in [0, 0.05) is 31.9 Å². The Morgan fingerprint density at radius 2 is 1.79 bits per heavy atom. The molecule has 0 spiro atoms. The fraction of sp³-hybridized carbons (Fsp3) is 0.273. The predicted octanol–water partition coefficient (Wildman–Crippen LogP) is 2.69. The lowest BCUT2D eigenvalue weighted by atomic mass is 10.1. The molecule has 0 fully saturated rings. The van der Waals surface area contributed by atoms with E-state index < -0.39 is 6.10 Å². The zero-order valence-electron chi connectivity index (χ0n) is 16.1. The molecule has 2 aromatic carbocycles. The molecule has 28 heavy (non-hydrogen) atoms. The Labute approximate surface area is 164 Å². The highest BCUT2D eigenvalue weighted by Crippen LogP contribution is 2.24. The van der Waals surface area contributed by atoms with Crippen LogP contribution in [-0.2, 0) is 13.1 Å². The molecule has 0 unspecified atom stereocenters. The molecule has 6 heteroatoms. The van der Waals surface area contributed by atoms with Crippen molar-refractivity contribution < 1.29 is 9.90 Å². The Bertz CT molecular complexity index is 964. The van der Waals surface area contributed by atoms with Crippen LogP contribution >= 0.6 is 0 Å². The summed E-state index contributed by atoms with van der Waals surface area (Å²) in [5.74, 6) is 0.0166. The fourth-order valence-corrected chi connectivity index (χ4v) is 3.49. The Morgan fingerprint density at radius 3 is 2.46 bits per heavy atom. The van der Waals surface area contributed by atoms with E-state index in [1.807, 2.05) is 89.2 Å². The number of aliphatic hydroxyl groups excluding tert-OH is 1. The first-order valence-electron chi connectivity index (χ1n) is 9.39. The van der Waals surface area contributed by atoms with Gasteiger partial charge in [-0.3, -0.25) is 9.48 Å². The van der Waals surface area contributed by atoms with E-state index in [0.717, 1.165) is 16.9 Å². The first-order chi connectivity index (χ1) is 13.5. The highest BCUT2D eigenvalue weighted by molar-refractivity contribution is 5.94. The van der Waals surface area contributed by atoms with E-state index in [-0.39, 0.29) is 5.91 Å². The van der Waals surface area contributed by atoms with Gasteiger partial charge in [-0.15, -0.1) is 0 Å². The van der Waals surface area contributed by atoms with Gasteiger partial charge < -0.3 is 14.9 Å². The monoisotopic (exact) mass is 376 g/mol. The molecule has 0 saturated carbocycles. The topological polar surface area (TPSA) is 61.6 Å². The average Bonchev–Trinajstić information content (AvgIpc) is 3.16. The third kappa shape index (κ3) is 3.51. The molecule has 1 aromatic heterocycles. The predicted molar refractivity (Wildman–Crippen MR) is 108 cm³/mol. The minimum atomic E-state index is -0.762. The summed E-state index contributed by atoms with van der Waals surface area (Å²) in [5.41, 5.74) is 4.11. The largest absolute Gasteiger partial charge is 0.382 e. The molecule has 0 bridgehead atoms. The molecule has 3 aromatic rings. The van der Waals surface area contributed by atoms with Crippen molar-refractivity contribution in [2.75, 3.05) is 25.5 Å². The third-order valence-corrected chi connectivity index (χ3v) is 5.13.